The van der Waals surface area contributed by atoms with Crippen molar-refractivity contribution in [3.63, 3.8) is 0 Å². The Kier molecular flexibility index (Phi) is 5.47. The first kappa shape index (κ1) is 17.9. The van der Waals surface area contributed by atoms with Gasteiger partial charge in [0.25, 0.3) is 0 Å². The summed E-state index contributed by atoms with van der Waals surface area (Å²) in [7, 11) is 7.51. The third-order valence-corrected chi connectivity index (χ3v) is 4.45. The van der Waals surface area contributed by atoms with Crippen LogP contribution in [0, 0.1) is 0 Å². The van der Waals surface area contributed by atoms with Crippen molar-refractivity contribution < 1.29 is 9.47 Å². The van der Waals surface area contributed by atoms with Crippen LogP contribution < -0.4 is 9.47 Å². The summed E-state index contributed by atoms with van der Waals surface area (Å²) in [5, 5.41) is 2.37. The number of fused-ring (bicyclic) bond motifs is 1. The summed E-state index contributed by atoms with van der Waals surface area (Å²) in [4.78, 5) is 2.09. The highest BCUT2D eigenvalue weighted by molar-refractivity contribution is 5.92. The SMILES string of the molecule is COc1ccc(/C(=C/N(C)C)Cc2ccc(OC)c3ccccc23)cc1. The van der Waals surface area contributed by atoms with E-state index in [9.17, 15) is 0 Å². The first-order valence-corrected chi connectivity index (χ1v) is 8.68. The van der Waals surface area contributed by atoms with Crippen LogP contribution in [0.5, 0.6) is 11.5 Å². The monoisotopic (exact) mass is 347 g/mol. The van der Waals surface area contributed by atoms with E-state index < -0.39 is 0 Å². The zero-order valence-corrected chi connectivity index (χ0v) is 15.8. The van der Waals surface area contributed by atoms with E-state index in [2.05, 4.69) is 73.7 Å². The molecule has 26 heavy (non-hydrogen) atoms. The van der Waals surface area contributed by atoms with Crippen molar-refractivity contribution in [3.05, 3.63) is 78.0 Å². The van der Waals surface area contributed by atoms with Gasteiger partial charge in [0.2, 0.25) is 0 Å². The number of hydrogen-bond donors (Lipinski definition) is 0. The van der Waals surface area contributed by atoms with Crippen LogP contribution in [0.3, 0.4) is 0 Å². The lowest BCUT2D eigenvalue weighted by atomic mass is 9.94. The molecule has 3 rings (SSSR count). The minimum atomic E-state index is 0.842. The molecule has 0 saturated heterocycles. The molecule has 0 aromatic heterocycles. The number of hydrogen-bond acceptors (Lipinski definition) is 3. The molecule has 0 spiro atoms. The lowest BCUT2D eigenvalue weighted by Crippen LogP contribution is -2.04. The number of nitrogens with zero attached hydrogens (tertiary/aromatic N) is 1. The summed E-state index contributed by atoms with van der Waals surface area (Å²) in [6.07, 6.45) is 3.02. The normalized spacial score (nSPS) is 11.5. The third kappa shape index (κ3) is 3.83. The van der Waals surface area contributed by atoms with Crippen molar-refractivity contribution >= 4 is 16.3 Å². The van der Waals surface area contributed by atoms with Crippen LogP contribution in [0.25, 0.3) is 16.3 Å². The summed E-state index contributed by atoms with van der Waals surface area (Å²) < 4.78 is 10.8. The molecule has 0 aliphatic rings. The Labute approximate surface area is 155 Å². The number of benzene rings is 3. The molecular weight excluding hydrogens is 322 g/mol. The highest BCUT2D eigenvalue weighted by Gasteiger charge is 2.10. The summed E-state index contributed by atoms with van der Waals surface area (Å²) >= 11 is 0. The first-order valence-electron chi connectivity index (χ1n) is 8.68. The predicted molar refractivity (Wildman–Crippen MR) is 109 cm³/mol. The molecular formula is C23H25NO2. The lowest BCUT2D eigenvalue weighted by Gasteiger charge is -2.16. The second-order valence-electron chi connectivity index (χ2n) is 6.50. The van der Waals surface area contributed by atoms with Gasteiger partial charge in [0.15, 0.2) is 0 Å². The fourth-order valence-corrected chi connectivity index (χ4v) is 3.21. The highest BCUT2D eigenvalue weighted by atomic mass is 16.5. The molecule has 134 valence electrons. The molecule has 0 bridgehead atoms. The summed E-state index contributed by atoms with van der Waals surface area (Å²) in [6.45, 7) is 0. The molecule has 0 unspecified atom stereocenters. The maximum Gasteiger partial charge on any atom is 0.126 e. The van der Waals surface area contributed by atoms with Gasteiger partial charge in [-0.2, -0.15) is 0 Å². The minimum Gasteiger partial charge on any atom is -0.497 e. The minimum absolute atomic E-state index is 0.842. The smallest absolute Gasteiger partial charge is 0.126 e. The zero-order chi connectivity index (χ0) is 18.5. The molecule has 0 fully saturated rings. The lowest BCUT2D eigenvalue weighted by molar-refractivity contribution is 0.415. The summed E-state index contributed by atoms with van der Waals surface area (Å²) in [5.74, 6) is 1.78. The topological polar surface area (TPSA) is 21.7 Å². The van der Waals surface area contributed by atoms with Crippen LogP contribution >= 0.6 is 0 Å². The Morgan fingerprint density at radius 3 is 2.15 bits per heavy atom. The van der Waals surface area contributed by atoms with Gasteiger partial charge in [-0.15, -0.1) is 0 Å². The van der Waals surface area contributed by atoms with Gasteiger partial charge in [0, 0.05) is 32.1 Å². The second kappa shape index (κ2) is 7.96. The standard InChI is InChI=1S/C23H25NO2/c1-24(2)16-19(17-9-12-20(25-3)13-10-17)15-18-11-14-23(26-4)22-8-6-5-7-21(18)22/h5-14,16H,15H2,1-4H3/b19-16+. The average Bonchev–Trinajstić information content (AvgIpc) is 2.67. The summed E-state index contributed by atoms with van der Waals surface area (Å²) in [6, 6.07) is 20.8. The predicted octanol–water partition coefficient (Wildman–Crippen LogP) is 5.00. The van der Waals surface area contributed by atoms with Gasteiger partial charge >= 0.3 is 0 Å². The van der Waals surface area contributed by atoms with Crippen LogP contribution in [-0.4, -0.2) is 33.2 Å². The van der Waals surface area contributed by atoms with Gasteiger partial charge in [-0.25, -0.2) is 0 Å². The largest absolute Gasteiger partial charge is 0.497 e. The fourth-order valence-electron chi connectivity index (χ4n) is 3.21. The van der Waals surface area contributed by atoms with Gasteiger partial charge < -0.3 is 14.4 Å². The zero-order valence-electron chi connectivity index (χ0n) is 15.8. The van der Waals surface area contributed by atoms with Crippen molar-refractivity contribution in [2.75, 3.05) is 28.3 Å². The fraction of sp³-hybridized carbons (Fsp3) is 0.217. The Morgan fingerprint density at radius 1 is 0.846 bits per heavy atom. The molecule has 0 aliphatic carbocycles. The van der Waals surface area contributed by atoms with E-state index in [1.54, 1.807) is 14.2 Å². The van der Waals surface area contributed by atoms with Gasteiger partial charge in [-0.3, -0.25) is 0 Å². The Hall–Kier alpha value is -2.94. The van der Waals surface area contributed by atoms with Gasteiger partial charge in [0.05, 0.1) is 14.2 Å². The van der Waals surface area contributed by atoms with E-state index in [4.69, 9.17) is 9.47 Å². The maximum absolute atomic E-state index is 5.53. The van der Waals surface area contributed by atoms with Crippen molar-refractivity contribution in [1.82, 2.24) is 4.90 Å². The van der Waals surface area contributed by atoms with Crippen molar-refractivity contribution in [2.24, 2.45) is 0 Å². The van der Waals surface area contributed by atoms with Crippen LogP contribution in [0.15, 0.2) is 66.9 Å². The molecule has 3 aromatic rings. The number of rotatable bonds is 6. The molecule has 0 heterocycles. The molecule has 0 radical (unpaired) electrons. The molecule has 3 aromatic carbocycles. The number of ether oxygens (including phenoxy) is 2. The maximum atomic E-state index is 5.53. The van der Waals surface area contributed by atoms with Gasteiger partial charge in [-0.1, -0.05) is 42.5 Å². The van der Waals surface area contributed by atoms with E-state index in [0.717, 1.165) is 23.3 Å². The summed E-state index contributed by atoms with van der Waals surface area (Å²) in [5.41, 5.74) is 3.73. The van der Waals surface area contributed by atoms with Crippen molar-refractivity contribution in [3.8, 4) is 11.5 Å². The van der Waals surface area contributed by atoms with Gasteiger partial charge in [-0.05, 0) is 40.3 Å². The quantitative estimate of drug-likeness (QED) is 0.626. The highest BCUT2D eigenvalue weighted by Crippen LogP contribution is 2.31. The Balaban J connectivity index is 2.04. The van der Waals surface area contributed by atoms with Crippen LogP contribution in [0.1, 0.15) is 11.1 Å². The molecule has 3 nitrogen and oxygen atoms in total. The molecule has 3 heteroatoms. The van der Waals surface area contributed by atoms with Crippen LogP contribution in [0.2, 0.25) is 0 Å². The van der Waals surface area contributed by atoms with Crippen LogP contribution in [-0.2, 0) is 6.42 Å². The van der Waals surface area contributed by atoms with E-state index in [1.165, 1.54) is 22.1 Å². The molecule has 0 amide bonds. The third-order valence-electron chi connectivity index (χ3n) is 4.45. The van der Waals surface area contributed by atoms with Crippen molar-refractivity contribution in [1.29, 1.82) is 0 Å². The average molecular weight is 347 g/mol. The van der Waals surface area contributed by atoms with E-state index >= 15 is 0 Å². The van der Waals surface area contributed by atoms with E-state index in [0.29, 0.717) is 0 Å². The Morgan fingerprint density at radius 2 is 1.54 bits per heavy atom. The van der Waals surface area contributed by atoms with E-state index in [-0.39, 0.29) is 0 Å². The molecule has 0 atom stereocenters. The first-order chi connectivity index (χ1) is 12.6. The molecule has 0 aliphatic heterocycles. The van der Waals surface area contributed by atoms with Crippen LogP contribution in [0.4, 0.5) is 0 Å². The second-order valence-corrected chi connectivity index (χ2v) is 6.50. The number of allylic oxidation sites excluding steroid dienone is 1. The van der Waals surface area contributed by atoms with Gasteiger partial charge in [0.1, 0.15) is 11.5 Å². The van der Waals surface area contributed by atoms with E-state index in [1.807, 2.05) is 12.1 Å². The molecule has 0 saturated carbocycles. The Bertz CT molecular complexity index is 911. The number of methoxy groups -OCH3 is 2. The van der Waals surface area contributed by atoms with Crippen molar-refractivity contribution in [2.45, 2.75) is 6.42 Å². The molecule has 0 N–H and O–H groups in total.